The highest BCUT2D eigenvalue weighted by Gasteiger charge is 2.28. The van der Waals surface area contributed by atoms with Crippen LogP contribution in [0.1, 0.15) is 106 Å². The normalized spacial score (nSPS) is 14.7. The molecule has 2 unspecified atom stereocenters. The van der Waals surface area contributed by atoms with Gasteiger partial charge in [0.05, 0.1) is 6.04 Å². The summed E-state index contributed by atoms with van der Waals surface area (Å²) in [6, 6.07) is 0.134. The maximum atomic E-state index is 6.18. The number of allylic oxidation sites excluding steroid dienone is 2. The van der Waals surface area contributed by atoms with Crippen molar-refractivity contribution in [2.45, 2.75) is 116 Å². The molecule has 0 spiro atoms. The Labute approximate surface area is 269 Å². The molecule has 5 nitrogen and oxygen atoms in total. The molecule has 41 heavy (non-hydrogen) atoms. The molecule has 0 aromatic carbocycles. The van der Waals surface area contributed by atoms with E-state index >= 15 is 0 Å². The van der Waals surface area contributed by atoms with E-state index in [0.717, 1.165) is 94.5 Å². The molecular weight excluding hydrogens is 573 g/mol. The monoisotopic (exact) mass is 635 g/mol. The Morgan fingerprint density at radius 3 is 2.02 bits per heavy atom. The summed E-state index contributed by atoms with van der Waals surface area (Å²) in [7, 11) is 2.00. The highest BCUT2D eigenvalue weighted by molar-refractivity contribution is 6.67. The van der Waals surface area contributed by atoms with Crippen LogP contribution < -0.4 is 27.0 Å². The minimum absolute atomic E-state index is 0.0109. The Morgan fingerprint density at radius 2 is 1.46 bits per heavy atom. The molecule has 0 aromatic heterocycles. The van der Waals surface area contributed by atoms with E-state index in [0.29, 0.717) is 18.9 Å². The van der Waals surface area contributed by atoms with Gasteiger partial charge in [-0.05, 0) is 88.8 Å². The second-order valence-corrected chi connectivity index (χ2v) is 16.4. The molecule has 0 heterocycles. The van der Waals surface area contributed by atoms with Gasteiger partial charge in [0.1, 0.15) is 0 Å². The van der Waals surface area contributed by atoms with Crippen molar-refractivity contribution in [2.75, 3.05) is 33.2 Å². The molecule has 3 atom stereocenters. The van der Waals surface area contributed by atoms with Crippen LogP contribution in [0, 0.1) is 22.7 Å². The van der Waals surface area contributed by atoms with E-state index in [9.17, 15) is 0 Å². The average molecular weight is 637 g/mol. The fourth-order valence-electron chi connectivity index (χ4n) is 5.36. The third-order valence-corrected chi connectivity index (χ3v) is 8.19. The van der Waals surface area contributed by atoms with Crippen LogP contribution in [0.5, 0.6) is 0 Å². The lowest BCUT2D eigenvalue weighted by atomic mass is 9.74. The highest BCUT2D eigenvalue weighted by Crippen LogP contribution is 2.37. The third-order valence-electron chi connectivity index (χ3n) is 7.63. The number of hydrogen-bond acceptors (Lipinski definition) is 5. The first-order valence-electron chi connectivity index (χ1n) is 15.6. The van der Waals surface area contributed by atoms with Crippen LogP contribution >= 0.6 is 34.8 Å². The molecule has 0 fully saturated rings. The van der Waals surface area contributed by atoms with Gasteiger partial charge < -0.3 is 27.0 Å². The van der Waals surface area contributed by atoms with Crippen molar-refractivity contribution in [3.63, 3.8) is 0 Å². The van der Waals surface area contributed by atoms with Gasteiger partial charge in [0.2, 0.25) is 0 Å². The van der Waals surface area contributed by atoms with Crippen LogP contribution in [-0.2, 0) is 0 Å². The van der Waals surface area contributed by atoms with Crippen molar-refractivity contribution in [3.8, 4) is 0 Å². The molecule has 0 saturated heterocycles. The van der Waals surface area contributed by atoms with E-state index in [2.05, 4.69) is 82.5 Å². The summed E-state index contributed by atoms with van der Waals surface area (Å²) in [5.41, 5.74) is 9.54. The molecule has 0 saturated carbocycles. The van der Waals surface area contributed by atoms with Crippen molar-refractivity contribution in [1.29, 1.82) is 0 Å². The molecule has 0 amide bonds. The summed E-state index contributed by atoms with van der Waals surface area (Å²) in [4.78, 5) is 0. The van der Waals surface area contributed by atoms with Crippen molar-refractivity contribution >= 4 is 34.8 Å². The molecule has 0 aliphatic carbocycles. The largest absolute Gasteiger partial charge is 0.388 e. The van der Waals surface area contributed by atoms with E-state index in [4.69, 9.17) is 40.5 Å². The van der Waals surface area contributed by atoms with Crippen molar-refractivity contribution < 1.29 is 0 Å². The standard InChI is InChI=1S/C33H64Cl3N5/c1-25(17-18-33(34,35)36)15-11-14-20-39-27(3)30(16-12-13-19-38-10)41-26(2)21-29(22-37)23-40-28(4)32(8,9)24-31(5,6)7/h25,29-30,38-41H,2-4,11-24,37H2,1,5-10H3/t25?,29?,30-/m0/s1. The zero-order chi connectivity index (χ0) is 31.7. The summed E-state index contributed by atoms with van der Waals surface area (Å²) in [5.74, 6) is 0.817. The Bertz CT molecular complexity index is 755. The first-order valence-corrected chi connectivity index (χ1v) is 16.7. The highest BCUT2D eigenvalue weighted by atomic mass is 35.6. The number of hydrogen-bond donors (Lipinski definition) is 5. The number of nitrogens with two attached hydrogens (primary N) is 1. The molecule has 242 valence electrons. The molecule has 0 rings (SSSR count). The number of halogens is 3. The number of nitrogens with one attached hydrogen (secondary N) is 4. The first-order chi connectivity index (χ1) is 18.9. The predicted molar refractivity (Wildman–Crippen MR) is 186 cm³/mol. The molecule has 0 radical (unpaired) electrons. The van der Waals surface area contributed by atoms with E-state index in [-0.39, 0.29) is 22.8 Å². The average Bonchev–Trinajstić information content (AvgIpc) is 2.84. The lowest BCUT2D eigenvalue weighted by Crippen LogP contribution is -2.38. The molecular formula is C33H64Cl3N5. The van der Waals surface area contributed by atoms with E-state index in [1.165, 1.54) is 0 Å². The summed E-state index contributed by atoms with van der Waals surface area (Å²) >= 11 is 17.7. The van der Waals surface area contributed by atoms with Crippen molar-refractivity contribution in [1.82, 2.24) is 21.3 Å². The Balaban J connectivity index is 4.81. The van der Waals surface area contributed by atoms with Gasteiger partial charge in [-0.3, -0.25) is 0 Å². The summed E-state index contributed by atoms with van der Waals surface area (Å²) in [6.07, 6.45) is 9.99. The molecule has 0 aromatic rings. The molecule has 6 N–H and O–H groups in total. The first kappa shape index (κ1) is 40.4. The van der Waals surface area contributed by atoms with Crippen LogP contribution in [0.2, 0.25) is 0 Å². The number of alkyl halides is 3. The van der Waals surface area contributed by atoms with E-state index in [1.54, 1.807) is 0 Å². The van der Waals surface area contributed by atoms with Gasteiger partial charge in [-0.15, -0.1) is 0 Å². The molecule has 0 bridgehead atoms. The Morgan fingerprint density at radius 1 is 0.854 bits per heavy atom. The zero-order valence-electron chi connectivity index (χ0n) is 27.5. The van der Waals surface area contributed by atoms with Crippen molar-refractivity contribution in [2.24, 2.45) is 28.4 Å². The van der Waals surface area contributed by atoms with Crippen LogP contribution in [0.3, 0.4) is 0 Å². The number of unbranched alkanes of at least 4 members (excludes halogenated alkanes) is 2. The van der Waals surface area contributed by atoms with Crippen LogP contribution in [0.4, 0.5) is 0 Å². The Kier molecular flexibility index (Phi) is 20.1. The fourth-order valence-corrected chi connectivity index (χ4v) is 5.69. The van der Waals surface area contributed by atoms with E-state index in [1.807, 2.05) is 7.05 Å². The van der Waals surface area contributed by atoms with Crippen LogP contribution in [-0.4, -0.2) is 43.1 Å². The van der Waals surface area contributed by atoms with E-state index < -0.39 is 3.79 Å². The molecule has 8 heteroatoms. The smallest absolute Gasteiger partial charge is 0.190 e. The van der Waals surface area contributed by atoms with Gasteiger partial charge in [0, 0.05) is 35.6 Å². The fraction of sp³-hybridized carbons (Fsp3) is 0.818. The van der Waals surface area contributed by atoms with Gasteiger partial charge in [-0.25, -0.2) is 0 Å². The minimum atomic E-state index is -1.15. The van der Waals surface area contributed by atoms with Gasteiger partial charge >= 0.3 is 0 Å². The second-order valence-electron chi connectivity index (χ2n) is 13.9. The third kappa shape index (κ3) is 21.7. The van der Waals surface area contributed by atoms with Gasteiger partial charge in [0.25, 0.3) is 0 Å². The molecule has 0 aliphatic heterocycles. The topological polar surface area (TPSA) is 74.1 Å². The predicted octanol–water partition coefficient (Wildman–Crippen LogP) is 8.44. The summed E-state index contributed by atoms with van der Waals surface area (Å²) in [5, 5.41) is 14.1. The zero-order valence-corrected chi connectivity index (χ0v) is 29.7. The van der Waals surface area contributed by atoms with Crippen LogP contribution in [0.25, 0.3) is 0 Å². The Hall–Kier alpha value is -0.590. The molecule has 0 aliphatic rings. The van der Waals surface area contributed by atoms with Gasteiger partial charge in [-0.2, -0.15) is 0 Å². The second kappa shape index (κ2) is 20.4. The van der Waals surface area contributed by atoms with Gasteiger partial charge in [-0.1, -0.05) is 109 Å². The SMILES string of the molecule is C=C(CC(CN)CNC(=C)C(C)(C)CC(C)(C)C)N[C@@H](CCCCNC)C(=C)NCCCCC(C)CCC(Cl)(Cl)Cl. The summed E-state index contributed by atoms with van der Waals surface area (Å²) in [6.45, 7) is 30.0. The maximum absolute atomic E-state index is 6.18. The lowest BCUT2D eigenvalue weighted by Gasteiger charge is -2.35. The van der Waals surface area contributed by atoms with Gasteiger partial charge in [0.15, 0.2) is 3.79 Å². The lowest BCUT2D eigenvalue weighted by molar-refractivity contribution is 0.238. The quantitative estimate of drug-likeness (QED) is 0.0543. The summed E-state index contributed by atoms with van der Waals surface area (Å²) < 4.78 is -1.15. The van der Waals surface area contributed by atoms with Crippen molar-refractivity contribution in [3.05, 3.63) is 36.8 Å². The van der Waals surface area contributed by atoms with Crippen LogP contribution in [0.15, 0.2) is 36.8 Å². The maximum Gasteiger partial charge on any atom is 0.190 e. The minimum Gasteiger partial charge on any atom is -0.388 e. The number of rotatable bonds is 24.